The number of nitrogens with zero attached hydrogens (tertiary/aromatic N) is 4. The van der Waals surface area contributed by atoms with Crippen LogP contribution in [0.5, 0.6) is 0 Å². The van der Waals surface area contributed by atoms with Crippen molar-refractivity contribution in [3.8, 4) is 0 Å². The highest BCUT2D eigenvalue weighted by atomic mass is 16.5. The molecule has 0 atom stereocenters. The minimum absolute atomic E-state index is 0.410. The molecule has 1 saturated heterocycles. The van der Waals surface area contributed by atoms with Gasteiger partial charge in [-0.05, 0) is 50.3 Å². The first kappa shape index (κ1) is 14.9. The van der Waals surface area contributed by atoms with Crippen molar-refractivity contribution in [3.05, 3.63) is 47.6 Å². The van der Waals surface area contributed by atoms with Gasteiger partial charge in [-0.2, -0.15) is 4.98 Å². The number of anilines is 1. The summed E-state index contributed by atoms with van der Waals surface area (Å²) >= 11 is 0. The summed E-state index contributed by atoms with van der Waals surface area (Å²) in [6.07, 6.45) is 4.51. The molecule has 0 radical (unpaired) electrons. The van der Waals surface area contributed by atoms with Gasteiger partial charge in [-0.25, -0.2) is 4.98 Å². The molecule has 128 valence electrons. The summed E-state index contributed by atoms with van der Waals surface area (Å²) < 4.78 is 5.43. The fourth-order valence-electron chi connectivity index (χ4n) is 3.79. The number of para-hydroxylation sites is 1. The Morgan fingerprint density at radius 1 is 1.00 bits per heavy atom. The Bertz CT molecular complexity index is 907. The topological polar surface area (TPSA) is 55.1 Å². The molecule has 2 aromatic heterocycles. The molecule has 3 aromatic rings. The summed E-state index contributed by atoms with van der Waals surface area (Å²) in [7, 11) is 0. The summed E-state index contributed by atoms with van der Waals surface area (Å²) in [6, 6.07) is 10.6. The molecule has 2 aliphatic rings. The van der Waals surface area contributed by atoms with E-state index in [0.717, 1.165) is 49.0 Å². The number of hydrogen-bond acceptors (Lipinski definition) is 5. The third-order valence-electron chi connectivity index (χ3n) is 5.43. The van der Waals surface area contributed by atoms with Crippen molar-refractivity contribution >= 4 is 16.7 Å². The van der Waals surface area contributed by atoms with Crippen LogP contribution in [0.1, 0.15) is 54.8 Å². The van der Waals surface area contributed by atoms with Crippen molar-refractivity contribution in [2.75, 3.05) is 18.0 Å². The van der Waals surface area contributed by atoms with E-state index in [1.54, 1.807) is 0 Å². The van der Waals surface area contributed by atoms with Gasteiger partial charge in [0, 0.05) is 30.3 Å². The van der Waals surface area contributed by atoms with E-state index < -0.39 is 0 Å². The third kappa shape index (κ3) is 2.77. The van der Waals surface area contributed by atoms with Crippen LogP contribution in [-0.4, -0.2) is 28.2 Å². The zero-order valence-corrected chi connectivity index (χ0v) is 14.5. The van der Waals surface area contributed by atoms with Crippen LogP contribution in [0.25, 0.3) is 10.9 Å². The number of aromatic nitrogens is 3. The van der Waals surface area contributed by atoms with E-state index in [-0.39, 0.29) is 0 Å². The maximum absolute atomic E-state index is 5.43. The molecule has 3 heterocycles. The average molecular weight is 334 g/mol. The van der Waals surface area contributed by atoms with Gasteiger partial charge < -0.3 is 9.42 Å². The maximum Gasteiger partial charge on any atom is 0.229 e. The second kappa shape index (κ2) is 5.83. The molecule has 0 N–H and O–H groups in total. The zero-order valence-electron chi connectivity index (χ0n) is 14.5. The van der Waals surface area contributed by atoms with Crippen LogP contribution >= 0.6 is 0 Å². The summed E-state index contributed by atoms with van der Waals surface area (Å²) in [4.78, 5) is 12.0. The van der Waals surface area contributed by atoms with Crippen LogP contribution in [0, 0.1) is 6.92 Å². The second-order valence-corrected chi connectivity index (χ2v) is 7.35. The van der Waals surface area contributed by atoms with Gasteiger partial charge >= 0.3 is 0 Å². The summed E-state index contributed by atoms with van der Waals surface area (Å²) in [5.41, 5.74) is 2.31. The van der Waals surface area contributed by atoms with Crippen molar-refractivity contribution in [2.45, 2.75) is 44.4 Å². The van der Waals surface area contributed by atoms with Crippen molar-refractivity contribution in [2.24, 2.45) is 0 Å². The highest BCUT2D eigenvalue weighted by Gasteiger charge is 2.32. The molecule has 0 bridgehead atoms. The van der Waals surface area contributed by atoms with Gasteiger partial charge in [0.1, 0.15) is 5.82 Å². The normalized spacial score (nSPS) is 18.8. The zero-order chi connectivity index (χ0) is 16.8. The van der Waals surface area contributed by atoms with Crippen molar-refractivity contribution in [1.29, 1.82) is 0 Å². The van der Waals surface area contributed by atoms with Gasteiger partial charge in [-0.1, -0.05) is 23.4 Å². The predicted octanol–water partition coefficient (Wildman–Crippen LogP) is 4.19. The lowest BCUT2D eigenvalue weighted by molar-refractivity contribution is 0.364. The van der Waals surface area contributed by atoms with Gasteiger partial charge in [-0.3, -0.25) is 0 Å². The molecule has 5 rings (SSSR count). The van der Waals surface area contributed by atoms with E-state index in [0.29, 0.717) is 11.8 Å². The summed E-state index contributed by atoms with van der Waals surface area (Å²) in [5, 5.41) is 5.44. The van der Waals surface area contributed by atoms with E-state index in [9.17, 15) is 0 Å². The smallest absolute Gasteiger partial charge is 0.229 e. The molecule has 2 fully saturated rings. The summed E-state index contributed by atoms with van der Waals surface area (Å²) in [6.45, 7) is 4.14. The SMILES string of the molecule is Cc1cc2ccccc2nc1N1CCC(c2noc(C3CC3)n2)CC1. The van der Waals surface area contributed by atoms with Crippen molar-refractivity contribution < 1.29 is 4.52 Å². The van der Waals surface area contributed by atoms with E-state index in [2.05, 4.69) is 46.2 Å². The highest BCUT2D eigenvalue weighted by Crippen LogP contribution is 2.40. The van der Waals surface area contributed by atoms with Gasteiger partial charge in [0.2, 0.25) is 5.89 Å². The Morgan fingerprint density at radius 2 is 1.80 bits per heavy atom. The lowest BCUT2D eigenvalue weighted by Crippen LogP contribution is -2.34. The summed E-state index contributed by atoms with van der Waals surface area (Å²) in [5.74, 6) is 3.82. The Hall–Kier alpha value is -2.43. The molecule has 25 heavy (non-hydrogen) atoms. The second-order valence-electron chi connectivity index (χ2n) is 7.35. The fourth-order valence-corrected chi connectivity index (χ4v) is 3.79. The molecule has 5 heteroatoms. The molecule has 0 amide bonds. The monoisotopic (exact) mass is 334 g/mol. The Kier molecular flexibility index (Phi) is 3.47. The number of rotatable bonds is 3. The van der Waals surface area contributed by atoms with Gasteiger partial charge in [0.15, 0.2) is 5.82 Å². The lowest BCUT2D eigenvalue weighted by atomic mass is 9.96. The van der Waals surface area contributed by atoms with Gasteiger partial charge in [0.25, 0.3) is 0 Å². The van der Waals surface area contributed by atoms with Crippen LogP contribution in [-0.2, 0) is 0 Å². The first-order valence-corrected chi connectivity index (χ1v) is 9.23. The fraction of sp³-hybridized carbons (Fsp3) is 0.450. The molecule has 1 aliphatic heterocycles. The Labute approximate surface area is 147 Å². The first-order valence-electron chi connectivity index (χ1n) is 9.23. The molecule has 0 unspecified atom stereocenters. The third-order valence-corrected chi connectivity index (χ3v) is 5.43. The standard InChI is InChI=1S/C20H22N4O/c1-13-12-16-4-2-3-5-17(16)21-19(13)24-10-8-14(9-11-24)18-22-20(25-23-18)15-6-7-15/h2-5,12,14-15H,6-11H2,1H3. The van der Waals surface area contributed by atoms with E-state index in [4.69, 9.17) is 9.51 Å². The predicted molar refractivity (Wildman–Crippen MR) is 96.9 cm³/mol. The number of piperidine rings is 1. The van der Waals surface area contributed by atoms with Crippen LogP contribution in [0.4, 0.5) is 5.82 Å². The number of fused-ring (bicyclic) bond motifs is 1. The molecule has 0 spiro atoms. The average Bonchev–Trinajstić information content (AvgIpc) is 3.38. The molecule has 1 aliphatic carbocycles. The van der Waals surface area contributed by atoms with Crippen LogP contribution < -0.4 is 4.90 Å². The van der Waals surface area contributed by atoms with Crippen LogP contribution in [0.2, 0.25) is 0 Å². The quantitative estimate of drug-likeness (QED) is 0.719. The number of benzene rings is 1. The molecular formula is C20H22N4O. The lowest BCUT2D eigenvalue weighted by Gasteiger charge is -2.32. The number of hydrogen-bond donors (Lipinski definition) is 0. The number of aryl methyl sites for hydroxylation is 1. The van der Waals surface area contributed by atoms with Crippen LogP contribution in [0.15, 0.2) is 34.9 Å². The van der Waals surface area contributed by atoms with E-state index in [1.807, 2.05) is 6.07 Å². The highest BCUT2D eigenvalue weighted by molar-refractivity contribution is 5.81. The molecule has 1 saturated carbocycles. The minimum atomic E-state index is 0.410. The largest absolute Gasteiger partial charge is 0.356 e. The minimum Gasteiger partial charge on any atom is -0.356 e. The van der Waals surface area contributed by atoms with E-state index >= 15 is 0 Å². The van der Waals surface area contributed by atoms with Crippen molar-refractivity contribution in [1.82, 2.24) is 15.1 Å². The van der Waals surface area contributed by atoms with Crippen molar-refractivity contribution in [3.63, 3.8) is 0 Å². The van der Waals surface area contributed by atoms with Gasteiger partial charge in [0.05, 0.1) is 5.52 Å². The maximum atomic E-state index is 5.43. The van der Waals surface area contributed by atoms with Gasteiger partial charge in [-0.15, -0.1) is 0 Å². The van der Waals surface area contributed by atoms with Crippen LogP contribution in [0.3, 0.4) is 0 Å². The number of pyridine rings is 1. The molecule has 5 nitrogen and oxygen atoms in total. The Morgan fingerprint density at radius 3 is 2.60 bits per heavy atom. The molecular weight excluding hydrogens is 312 g/mol. The molecule has 1 aromatic carbocycles. The van der Waals surface area contributed by atoms with E-state index in [1.165, 1.54) is 23.8 Å². The first-order chi connectivity index (χ1) is 12.3. The Balaban J connectivity index is 1.33.